The molecule has 4 aromatic carbocycles. The molecule has 0 amide bonds. The van der Waals surface area contributed by atoms with Gasteiger partial charge in [-0.15, -0.1) is 0 Å². The van der Waals surface area contributed by atoms with Crippen LogP contribution in [0.4, 0.5) is 0 Å². The molecule has 6 atom stereocenters. The molecule has 2 saturated heterocycles. The lowest BCUT2D eigenvalue weighted by Gasteiger charge is -2.47. The van der Waals surface area contributed by atoms with Crippen LogP contribution in [0.5, 0.6) is 0 Å². The largest absolute Gasteiger partial charge is 0.464 e. The van der Waals surface area contributed by atoms with E-state index in [4.69, 9.17) is 28.4 Å². The number of nitrogens with zero attached hydrogens (tertiary/aromatic N) is 1. The van der Waals surface area contributed by atoms with Crippen molar-refractivity contribution in [2.45, 2.75) is 69.7 Å². The van der Waals surface area contributed by atoms with Gasteiger partial charge in [-0.2, -0.15) is 4.31 Å². The van der Waals surface area contributed by atoms with Crippen LogP contribution in [0.15, 0.2) is 121 Å². The van der Waals surface area contributed by atoms with E-state index in [2.05, 4.69) is 0 Å². The van der Waals surface area contributed by atoms with Crippen LogP contribution in [0.25, 0.3) is 0 Å². The number of hydrogen-bond donors (Lipinski definition) is 0. The topological polar surface area (TPSA) is 127 Å². The second-order valence-corrected chi connectivity index (χ2v) is 15.2. The second kappa shape index (κ2) is 17.8. The fraction of sp³-hybridized carbons (Fsp3) is 0.381. The van der Waals surface area contributed by atoms with Crippen LogP contribution in [0.3, 0.4) is 0 Å². The van der Waals surface area contributed by atoms with Crippen molar-refractivity contribution in [2.75, 3.05) is 26.1 Å². The summed E-state index contributed by atoms with van der Waals surface area (Å²) in [7, 11) is -4.40. The Morgan fingerprint density at radius 1 is 0.667 bits per heavy atom. The van der Waals surface area contributed by atoms with Gasteiger partial charge in [0.1, 0.15) is 18.3 Å². The van der Waals surface area contributed by atoms with Crippen LogP contribution < -0.4 is 0 Å². The fourth-order valence-electron chi connectivity index (χ4n) is 7.58. The number of carbonyl (C=O) groups excluding carboxylic acids is 2. The molecule has 0 N–H and O–H groups in total. The molecule has 2 aliphatic heterocycles. The first-order valence-corrected chi connectivity index (χ1v) is 20.0. The first-order valence-electron chi connectivity index (χ1n) is 18.2. The van der Waals surface area contributed by atoms with E-state index in [0.29, 0.717) is 5.56 Å². The lowest BCUT2D eigenvalue weighted by atomic mass is 9.77. The van der Waals surface area contributed by atoms with Gasteiger partial charge in [-0.1, -0.05) is 121 Å². The van der Waals surface area contributed by atoms with Crippen LogP contribution >= 0.6 is 0 Å². The number of esters is 2. The molecule has 0 bridgehead atoms. The SMILES string of the molecule is CCOC(=O)C1(C(=O)OCC)[C@@H]2O[C@H](COCc3ccccc3)[C@H](OCc3ccccc3)[C@H](OCc3ccccc3)[C@H]2[C@@H](c2ccccc2)N1S(C)(=O)=O. The summed E-state index contributed by atoms with van der Waals surface area (Å²) in [5.74, 6) is -3.18. The van der Waals surface area contributed by atoms with Crippen LogP contribution in [0.2, 0.25) is 0 Å². The van der Waals surface area contributed by atoms with Gasteiger partial charge >= 0.3 is 11.9 Å². The average molecular weight is 758 g/mol. The van der Waals surface area contributed by atoms with Gasteiger partial charge in [0.25, 0.3) is 5.54 Å². The Bertz CT molecular complexity index is 1900. The molecule has 11 nitrogen and oxygen atoms in total. The van der Waals surface area contributed by atoms with Gasteiger partial charge in [0.15, 0.2) is 0 Å². The summed E-state index contributed by atoms with van der Waals surface area (Å²) >= 11 is 0. The zero-order valence-electron chi connectivity index (χ0n) is 30.7. The zero-order chi connectivity index (χ0) is 38.1. The molecule has 6 rings (SSSR count). The Morgan fingerprint density at radius 2 is 1.11 bits per heavy atom. The number of ether oxygens (including phenoxy) is 6. The molecule has 2 fully saturated rings. The molecule has 0 unspecified atom stereocenters. The van der Waals surface area contributed by atoms with Crippen molar-refractivity contribution < 1.29 is 46.4 Å². The van der Waals surface area contributed by atoms with Crippen LogP contribution in [0.1, 0.15) is 42.1 Å². The summed E-state index contributed by atoms with van der Waals surface area (Å²) in [5, 5.41) is 0. The molecule has 2 heterocycles. The number of benzene rings is 4. The zero-order valence-corrected chi connectivity index (χ0v) is 31.5. The molecular formula is C42H47NO10S. The lowest BCUT2D eigenvalue weighted by Crippen LogP contribution is -2.68. The number of fused-ring (bicyclic) bond motifs is 1. The molecule has 0 spiro atoms. The standard InChI is InChI=1S/C42H47NO10S/c1-4-49-40(44)42(41(45)50-5-2)39-35(36(43(42)54(3,46)47)33-24-16-9-17-25-33)38(52-28-32-22-14-8-15-23-32)37(51-27-31-20-12-7-13-21-31)34(53-39)29-48-26-30-18-10-6-11-19-30/h6-25,34-39H,4-5,26-29H2,1-3H3/t34-,35-,36-,37+,38-,39-/m1/s1. The summed E-state index contributed by atoms with van der Waals surface area (Å²) in [4.78, 5) is 29.1. The van der Waals surface area contributed by atoms with Gasteiger partial charge in [0, 0.05) is 5.92 Å². The van der Waals surface area contributed by atoms with Crippen molar-refractivity contribution in [3.05, 3.63) is 144 Å². The van der Waals surface area contributed by atoms with Gasteiger partial charge in [-0.25, -0.2) is 18.0 Å². The maximum absolute atomic E-state index is 14.5. The molecule has 286 valence electrons. The van der Waals surface area contributed by atoms with Gasteiger partial charge in [0.05, 0.1) is 58.0 Å². The highest BCUT2D eigenvalue weighted by atomic mass is 32.2. The van der Waals surface area contributed by atoms with Crippen molar-refractivity contribution in [2.24, 2.45) is 5.92 Å². The maximum atomic E-state index is 14.5. The average Bonchev–Trinajstić information content (AvgIpc) is 3.51. The van der Waals surface area contributed by atoms with E-state index in [1.807, 2.05) is 91.0 Å². The Balaban J connectivity index is 1.55. The van der Waals surface area contributed by atoms with E-state index in [0.717, 1.165) is 27.3 Å². The highest BCUT2D eigenvalue weighted by molar-refractivity contribution is 7.88. The van der Waals surface area contributed by atoms with Crippen molar-refractivity contribution >= 4 is 22.0 Å². The Kier molecular flexibility index (Phi) is 12.9. The summed E-state index contributed by atoms with van der Waals surface area (Å²) < 4.78 is 67.4. The minimum absolute atomic E-state index is 0.0423. The second-order valence-electron chi connectivity index (χ2n) is 13.3. The maximum Gasteiger partial charge on any atom is 0.342 e. The summed E-state index contributed by atoms with van der Waals surface area (Å²) in [5.41, 5.74) is 0.606. The predicted octanol–water partition coefficient (Wildman–Crippen LogP) is 5.64. The minimum atomic E-state index is -4.40. The normalized spacial score (nSPS) is 23.7. The Labute approximate surface area is 317 Å². The minimum Gasteiger partial charge on any atom is -0.464 e. The smallest absolute Gasteiger partial charge is 0.342 e. The monoisotopic (exact) mass is 757 g/mol. The Morgan fingerprint density at radius 3 is 1.57 bits per heavy atom. The number of hydrogen-bond acceptors (Lipinski definition) is 10. The third-order valence-corrected chi connectivity index (χ3v) is 11.0. The van der Waals surface area contributed by atoms with E-state index in [-0.39, 0.29) is 39.6 Å². The molecule has 0 aliphatic carbocycles. The summed E-state index contributed by atoms with van der Waals surface area (Å²) in [6.45, 7) is 3.38. The lowest BCUT2D eigenvalue weighted by molar-refractivity contribution is -0.250. The molecule has 4 aromatic rings. The first-order chi connectivity index (χ1) is 26.2. The molecule has 2 aliphatic rings. The predicted molar refractivity (Wildman–Crippen MR) is 200 cm³/mol. The van der Waals surface area contributed by atoms with Gasteiger partial charge < -0.3 is 28.4 Å². The van der Waals surface area contributed by atoms with Crippen molar-refractivity contribution in [1.29, 1.82) is 0 Å². The van der Waals surface area contributed by atoms with E-state index in [1.54, 1.807) is 44.2 Å². The summed E-state index contributed by atoms with van der Waals surface area (Å²) in [6, 6.07) is 36.5. The Hall–Kier alpha value is -4.43. The number of carbonyl (C=O) groups is 2. The molecular weight excluding hydrogens is 711 g/mol. The van der Waals surface area contributed by atoms with Gasteiger partial charge in [-0.05, 0) is 36.1 Å². The van der Waals surface area contributed by atoms with Crippen LogP contribution in [0, 0.1) is 5.92 Å². The molecule has 0 aromatic heterocycles. The summed E-state index contributed by atoms with van der Waals surface area (Å²) in [6.07, 6.45) is -3.23. The molecule has 0 radical (unpaired) electrons. The van der Waals surface area contributed by atoms with E-state index in [1.165, 1.54) is 0 Å². The van der Waals surface area contributed by atoms with Crippen molar-refractivity contribution in [1.82, 2.24) is 4.31 Å². The highest BCUT2D eigenvalue weighted by Gasteiger charge is 2.76. The number of rotatable bonds is 16. The van der Waals surface area contributed by atoms with Crippen molar-refractivity contribution in [3.8, 4) is 0 Å². The van der Waals surface area contributed by atoms with Crippen LogP contribution in [-0.4, -0.2) is 80.7 Å². The van der Waals surface area contributed by atoms with E-state index < -0.39 is 63.9 Å². The molecule has 54 heavy (non-hydrogen) atoms. The van der Waals surface area contributed by atoms with E-state index >= 15 is 0 Å². The molecule has 0 saturated carbocycles. The number of sulfonamides is 1. The third kappa shape index (κ3) is 8.29. The van der Waals surface area contributed by atoms with Crippen LogP contribution in [-0.2, 0) is 67.9 Å². The van der Waals surface area contributed by atoms with E-state index in [9.17, 15) is 18.0 Å². The van der Waals surface area contributed by atoms with Gasteiger partial charge in [0.2, 0.25) is 10.0 Å². The van der Waals surface area contributed by atoms with Gasteiger partial charge in [-0.3, -0.25) is 0 Å². The van der Waals surface area contributed by atoms with Crippen molar-refractivity contribution in [3.63, 3.8) is 0 Å². The fourth-order valence-corrected chi connectivity index (χ4v) is 9.03. The highest BCUT2D eigenvalue weighted by Crippen LogP contribution is 2.56. The first kappa shape index (κ1) is 39.3. The molecule has 12 heteroatoms. The third-order valence-electron chi connectivity index (χ3n) is 9.75. The quantitative estimate of drug-likeness (QED) is 0.105.